The van der Waals surface area contributed by atoms with Crippen molar-refractivity contribution in [2.75, 3.05) is 30.9 Å². The fraction of sp³-hybridized carbons (Fsp3) is 0.900. The molecule has 0 unspecified atom stereocenters. The molecule has 0 aliphatic carbocycles. The lowest BCUT2D eigenvalue weighted by molar-refractivity contribution is -0.139. The number of carboxylic acid groups (broad SMARTS) is 1. The molecule has 0 aromatic rings. The van der Waals surface area contributed by atoms with E-state index >= 15 is 0 Å². The Hall–Kier alpha value is -0.480. The highest BCUT2D eigenvalue weighted by Gasteiger charge is 2.28. The molecule has 7 nitrogen and oxygen atoms in total. The van der Waals surface area contributed by atoms with Crippen LogP contribution in [0.3, 0.4) is 0 Å². The molecule has 0 rings (SSSR count). The van der Waals surface area contributed by atoms with Crippen molar-refractivity contribution in [2.24, 2.45) is 17.6 Å². The molecule has 0 aromatic carbocycles. The van der Waals surface area contributed by atoms with Crippen molar-refractivity contribution in [2.45, 2.75) is 71.1 Å². The molecule has 0 saturated carbocycles. The van der Waals surface area contributed by atoms with Gasteiger partial charge in [0.2, 0.25) is 5.91 Å². The van der Waals surface area contributed by atoms with Crippen LogP contribution in [0.25, 0.3) is 0 Å². The second-order valence-corrected chi connectivity index (χ2v) is 9.15. The van der Waals surface area contributed by atoms with E-state index in [1.54, 1.807) is 11.8 Å². The number of hydrogen-bond acceptors (Lipinski definition) is 7. The minimum Gasteiger partial charge on any atom is -0.480 e. The number of thioether (sulfide) groups is 1. The molecule has 1 amide bonds. The molecule has 172 valence electrons. The Bertz CT molecular complexity index is 471. The molecule has 0 aliphatic rings. The Labute approximate surface area is 186 Å². The van der Waals surface area contributed by atoms with Crippen LogP contribution < -0.4 is 21.7 Å². The van der Waals surface area contributed by atoms with Crippen molar-refractivity contribution < 1.29 is 14.7 Å². The first kappa shape index (κ1) is 28.5. The van der Waals surface area contributed by atoms with Crippen LogP contribution in [0.1, 0.15) is 47.0 Å². The molecule has 6 atom stereocenters. The summed E-state index contributed by atoms with van der Waals surface area (Å²) in [6, 6.07) is -1.21. The Morgan fingerprint density at radius 3 is 2.21 bits per heavy atom. The third-order valence-electron chi connectivity index (χ3n) is 5.48. The largest absolute Gasteiger partial charge is 0.480 e. The van der Waals surface area contributed by atoms with Gasteiger partial charge in [0.05, 0.1) is 6.04 Å². The van der Waals surface area contributed by atoms with Crippen LogP contribution >= 0.6 is 24.4 Å². The summed E-state index contributed by atoms with van der Waals surface area (Å²) in [5, 5.41) is 19.0. The molecule has 0 fully saturated rings. The minimum absolute atomic E-state index is 0.0613. The van der Waals surface area contributed by atoms with Gasteiger partial charge in [-0.15, -0.1) is 0 Å². The predicted molar refractivity (Wildman–Crippen MR) is 127 cm³/mol. The summed E-state index contributed by atoms with van der Waals surface area (Å²) < 4.78 is 0. The molecule has 29 heavy (non-hydrogen) atoms. The number of amides is 1. The van der Waals surface area contributed by atoms with Gasteiger partial charge in [0.25, 0.3) is 0 Å². The van der Waals surface area contributed by atoms with E-state index in [4.69, 9.17) is 5.73 Å². The maximum absolute atomic E-state index is 13.0. The zero-order chi connectivity index (χ0) is 22.4. The van der Waals surface area contributed by atoms with Crippen LogP contribution in [-0.4, -0.2) is 72.0 Å². The topological polar surface area (TPSA) is 116 Å². The molecule has 6 N–H and O–H groups in total. The number of carboxylic acids is 1. The lowest BCUT2D eigenvalue weighted by atomic mass is 9.95. The van der Waals surface area contributed by atoms with E-state index in [1.807, 2.05) is 13.2 Å². The van der Waals surface area contributed by atoms with Crippen LogP contribution in [0.15, 0.2) is 0 Å². The van der Waals surface area contributed by atoms with Gasteiger partial charge in [-0.3, -0.25) is 9.59 Å². The van der Waals surface area contributed by atoms with Crippen molar-refractivity contribution in [1.82, 2.24) is 16.0 Å². The van der Waals surface area contributed by atoms with Crippen molar-refractivity contribution in [3.8, 4) is 0 Å². The normalized spacial score (nSPS) is 17.8. The van der Waals surface area contributed by atoms with Crippen LogP contribution in [0.4, 0.5) is 0 Å². The van der Waals surface area contributed by atoms with Crippen LogP contribution in [0, 0.1) is 11.8 Å². The van der Waals surface area contributed by atoms with Crippen molar-refractivity contribution >= 4 is 36.3 Å². The molecule has 0 heterocycles. The summed E-state index contributed by atoms with van der Waals surface area (Å²) in [5.74, 6) is 0.783. The highest BCUT2D eigenvalue weighted by Crippen LogP contribution is 2.12. The predicted octanol–water partition coefficient (Wildman–Crippen LogP) is 1.57. The van der Waals surface area contributed by atoms with E-state index in [9.17, 15) is 14.7 Å². The fourth-order valence-electron chi connectivity index (χ4n) is 2.90. The maximum Gasteiger partial charge on any atom is 0.320 e. The molecule has 9 heteroatoms. The average Bonchev–Trinajstić information content (AvgIpc) is 2.71. The maximum atomic E-state index is 13.0. The lowest BCUT2D eigenvalue weighted by Gasteiger charge is -2.31. The summed E-state index contributed by atoms with van der Waals surface area (Å²) in [4.78, 5) is 24.6. The number of rotatable bonds is 17. The first-order valence-corrected chi connectivity index (χ1v) is 12.6. The summed E-state index contributed by atoms with van der Waals surface area (Å²) in [6.07, 6.45) is 4.27. The first-order chi connectivity index (χ1) is 13.7. The fourth-order valence-corrected chi connectivity index (χ4v) is 3.50. The second-order valence-electron chi connectivity index (χ2n) is 7.80. The molecule has 0 aromatic heterocycles. The van der Waals surface area contributed by atoms with Gasteiger partial charge in [-0.1, -0.05) is 40.5 Å². The molecule has 0 spiro atoms. The van der Waals surface area contributed by atoms with Crippen LogP contribution in [0.2, 0.25) is 0 Å². The molecule has 0 saturated heterocycles. The number of aliphatic carboxylic acids is 1. The second kappa shape index (κ2) is 16.2. The number of carbonyl (C=O) groups excluding carboxylic acids is 1. The molecule has 0 bridgehead atoms. The number of nitrogens with one attached hydrogen (secondary N) is 3. The highest BCUT2D eigenvalue weighted by atomic mass is 32.2. The van der Waals surface area contributed by atoms with Gasteiger partial charge in [0.15, 0.2) is 0 Å². The van der Waals surface area contributed by atoms with E-state index in [0.29, 0.717) is 25.3 Å². The average molecular weight is 451 g/mol. The number of hydrogen-bond donors (Lipinski definition) is 6. The van der Waals surface area contributed by atoms with Crippen molar-refractivity contribution in [3.05, 3.63) is 0 Å². The van der Waals surface area contributed by atoms with E-state index in [2.05, 4.69) is 49.4 Å². The minimum atomic E-state index is -0.854. The molecule has 0 aliphatic heterocycles. The van der Waals surface area contributed by atoms with Crippen LogP contribution in [0.5, 0.6) is 0 Å². The SMILES string of the molecule is CC[C@H](C)[C@H](CN[C@@H](CCSC)C(=O)O)NC(=O)[C@@H](NC[C@@H](N)CS)[C@@H](C)CC. The van der Waals surface area contributed by atoms with Gasteiger partial charge in [-0.05, 0) is 30.3 Å². The summed E-state index contributed by atoms with van der Waals surface area (Å²) in [6.45, 7) is 9.20. The van der Waals surface area contributed by atoms with Gasteiger partial charge in [-0.25, -0.2) is 0 Å². The van der Waals surface area contributed by atoms with Gasteiger partial charge in [-0.2, -0.15) is 24.4 Å². The Morgan fingerprint density at radius 2 is 1.72 bits per heavy atom. The highest BCUT2D eigenvalue weighted by molar-refractivity contribution is 7.98. The lowest BCUT2D eigenvalue weighted by Crippen LogP contribution is -2.57. The van der Waals surface area contributed by atoms with E-state index in [0.717, 1.165) is 18.6 Å². The Balaban J connectivity index is 5.10. The van der Waals surface area contributed by atoms with E-state index < -0.39 is 12.0 Å². The van der Waals surface area contributed by atoms with E-state index in [1.165, 1.54) is 0 Å². The van der Waals surface area contributed by atoms with Gasteiger partial charge in [0.1, 0.15) is 6.04 Å². The van der Waals surface area contributed by atoms with Gasteiger partial charge in [0, 0.05) is 30.9 Å². The molecular weight excluding hydrogens is 408 g/mol. The third-order valence-corrected chi connectivity index (χ3v) is 6.59. The zero-order valence-corrected chi connectivity index (χ0v) is 20.3. The summed E-state index contributed by atoms with van der Waals surface area (Å²) in [5.41, 5.74) is 5.95. The number of thiol groups is 1. The standard InChI is InChI=1S/C20H42N4O3S2/c1-6-13(3)17(11-22-16(20(26)27)8-9-29-5)24-19(25)18(14(4)7-2)23-10-15(21)12-28/h13-18,22-23,28H,6-12,21H2,1-5H3,(H,24,25)(H,26,27)/t13-,14-,15+,16-,17-,18-/m0/s1. The third kappa shape index (κ3) is 11.5. The van der Waals surface area contributed by atoms with Crippen LogP contribution in [-0.2, 0) is 9.59 Å². The van der Waals surface area contributed by atoms with Gasteiger partial charge >= 0.3 is 5.97 Å². The first-order valence-electron chi connectivity index (χ1n) is 10.6. The Morgan fingerprint density at radius 1 is 1.10 bits per heavy atom. The smallest absolute Gasteiger partial charge is 0.320 e. The zero-order valence-electron chi connectivity index (χ0n) is 18.6. The van der Waals surface area contributed by atoms with E-state index in [-0.39, 0.29) is 35.9 Å². The quantitative estimate of drug-likeness (QED) is 0.186. The molecule has 0 radical (unpaired) electrons. The summed E-state index contributed by atoms with van der Waals surface area (Å²) in [7, 11) is 0. The van der Waals surface area contributed by atoms with Crippen molar-refractivity contribution in [1.29, 1.82) is 0 Å². The molecular formula is C20H42N4O3S2. The number of carbonyl (C=O) groups is 2. The number of nitrogens with two attached hydrogens (primary N) is 1. The van der Waals surface area contributed by atoms with Crippen molar-refractivity contribution in [3.63, 3.8) is 0 Å². The monoisotopic (exact) mass is 450 g/mol. The Kier molecular flexibility index (Phi) is 16.0. The van der Waals surface area contributed by atoms with Gasteiger partial charge < -0.3 is 26.8 Å². The summed E-state index contributed by atoms with van der Waals surface area (Å²) >= 11 is 5.83.